The molecular formula is C26H56FNO3S. The van der Waals surface area contributed by atoms with Gasteiger partial charge in [-0.2, -0.15) is 8.42 Å². The minimum absolute atomic E-state index is 0.0603. The van der Waals surface area contributed by atoms with E-state index in [9.17, 15) is 12.8 Å². The van der Waals surface area contributed by atoms with Gasteiger partial charge in [-0.3, -0.25) is 4.18 Å². The summed E-state index contributed by atoms with van der Waals surface area (Å²) in [5.41, 5.74) is -1.87. The summed E-state index contributed by atoms with van der Waals surface area (Å²) in [5, 5.41) is 2.75. The molecule has 0 saturated heterocycles. The van der Waals surface area contributed by atoms with E-state index in [0.717, 1.165) is 38.5 Å². The zero-order valence-electron chi connectivity index (χ0n) is 21.9. The van der Waals surface area contributed by atoms with Crippen molar-refractivity contribution in [2.75, 3.05) is 20.7 Å². The Labute approximate surface area is 201 Å². The summed E-state index contributed by atoms with van der Waals surface area (Å²) in [6, 6.07) is 0. The van der Waals surface area contributed by atoms with Crippen molar-refractivity contribution >= 4 is 10.1 Å². The molecule has 0 aromatic carbocycles. The predicted molar refractivity (Wildman–Crippen MR) is 138 cm³/mol. The molecule has 1 N–H and O–H groups in total. The summed E-state index contributed by atoms with van der Waals surface area (Å²) in [7, 11) is -0.288. The van der Waals surface area contributed by atoms with Crippen LogP contribution in [0.3, 0.4) is 0 Å². The number of nitrogens with one attached hydrogen (secondary N) is 1. The van der Waals surface area contributed by atoms with E-state index in [4.69, 9.17) is 4.18 Å². The molecule has 0 fully saturated rings. The second-order valence-corrected chi connectivity index (χ2v) is 10.8. The molecular weight excluding hydrogens is 425 g/mol. The van der Waals surface area contributed by atoms with Crippen LogP contribution in [0, 0.1) is 0 Å². The third-order valence-corrected chi connectivity index (χ3v) is 6.95. The quantitative estimate of drug-likeness (QED) is 0.118. The van der Waals surface area contributed by atoms with Gasteiger partial charge in [-0.15, -0.1) is 0 Å². The number of hydrogen-bond donors (Lipinski definition) is 1. The molecule has 0 bridgehead atoms. The van der Waals surface area contributed by atoms with Gasteiger partial charge < -0.3 is 5.32 Å². The molecule has 0 aliphatic heterocycles. The first kappa shape index (κ1) is 34.0. The van der Waals surface area contributed by atoms with Crippen LogP contribution in [0.25, 0.3) is 0 Å². The van der Waals surface area contributed by atoms with Crippen molar-refractivity contribution in [1.82, 2.24) is 5.32 Å². The Bertz CT molecular complexity index is 446. The lowest BCUT2D eigenvalue weighted by Crippen LogP contribution is -2.19. The van der Waals surface area contributed by atoms with Gasteiger partial charge in [0.2, 0.25) is 5.50 Å². The highest BCUT2D eigenvalue weighted by molar-refractivity contribution is 7.87. The van der Waals surface area contributed by atoms with Gasteiger partial charge in [-0.25, -0.2) is 4.39 Å². The molecule has 0 heterocycles. The van der Waals surface area contributed by atoms with Crippen LogP contribution in [0.1, 0.15) is 142 Å². The molecule has 0 aliphatic carbocycles. The fraction of sp³-hybridized carbons (Fsp3) is 1.00. The minimum atomic E-state index is -4.04. The smallest absolute Gasteiger partial charge is 0.299 e. The van der Waals surface area contributed by atoms with Crippen molar-refractivity contribution < 1.29 is 17.0 Å². The van der Waals surface area contributed by atoms with Gasteiger partial charge in [-0.05, 0) is 33.4 Å². The maximum Gasteiger partial charge on any atom is 0.299 e. The van der Waals surface area contributed by atoms with Crippen molar-refractivity contribution in [1.29, 1.82) is 0 Å². The maximum atomic E-state index is 13.9. The summed E-state index contributed by atoms with van der Waals surface area (Å²) in [5.74, 6) is 0. The van der Waals surface area contributed by atoms with E-state index in [-0.39, 0.29) is 13.0 Å². The van der Waals surface area contributed by atoms with E-state index in [0.29, 0.717) is 12.8 Å². The van der Waals surface area contributed by atoms with Crippen LogP contribution in [-0.2, 0) is 14.3 Å². The highest BCUT2D eigenvalue weighted by Crippen LogP contribution is 2.17. The summed E-state index contributed by atoms with van der Waals surface area (Å²) >= 11 is 0. The molecule has 0 radical (unpaired) electrons. The van der Waals surface area contributed by atoms with Gasteiger partial charge in [0.15, 0.2) is 0 Å². The summed E-state index contributed by atoms with van der Waals surface area (Å²) < 4.78 is 42.3. The Morgan fingerprint density at radius 2 is 0.938 bits per heavy atom. The van der Waals surface area contributed by atoms with Crippen LogP contribution in [-0.4, -0.2) is 34.6 Å². The van der Waals surface area contributed by atoms with Crippen molar-refractivity contribution in [3.05, 3.63) is 0 Å². The van der Waals surface area contributed by atoms with Crippen LogP contribution < -0.4 is 5.32 Å². The maximum absolute atomic E-state index is 13.9. The normalized spacial score (nSPS) is 12.4. The Hall–Kier alpha value is -0.200. The molecule has 32 heavy (non-hydrogen) atoms. The SMILES string of the molecule is CCCCCCCCCCCCCCCCOS(=O)(=O)C(F)CCCCCCC.CNC. The highest BCUT2D eigenvalue weighted by atomic mass is 32.2. The molecule has 196 valence electrons. The lowest BCUT2D eigenvalue weighted by molar-refractivity contribution is 0.270. The van der Waals surface area contributed by atoms with Gasteiger partial charge in [-0.1, -0.05) is 123 Å². The molecule has 0 aromatic heterocycles. The molecule has 0 aromatic rings. The predicted octanol–water partition coefficient (Wildman–Crippen LogP) is 8.31. The first-order chi connectivity index (χ1) is 15.5. The zero-order chi connectivity index (χ0) is 24.3. The minimum Gasteiger partial charge on any atom is -0.323 e. The van der Waals surface area contributed by atoms with Gasteiger partial charge in [0.25, 0.3) is 10.1 Å². The fourth-order valence-electron chi connectivity index (χ4n) is 3.60. The van der Waals surface area contributed by atoms with E-state index < -0.39 is 15.6 Å². The van der Waals surface area contributed by atoms with Crippen LogP contribution in [0.15, 0.2) is 0 Å². The average molecular weight is 482 g/mol. The third-order valence-electron chi connectivity index (χ3n) is 5.59. The van der Waals surface area contributed by atoms with Crippen molar-refractivity contribution in [3.8, 4) is 0 Å². The second-order valence-electron chi connectivity index (χ2n) is 9.02. The van der Waals surface area contributed by atoms with E-state index in [2.05, 4.69) is 19.2 Å². The lowest BCUT2D eigenvalue weighted by Gasteiger charge is -2.10. The van der Waals surface area contributed by atoms with E-state index in [1.54, 1.807) is 0 Å². The summed E-state index contributed by atoms with van der Waals surface area (Å²) in [6.07, 6.45) is 22.4. The van der Waals surface area contributed by atoms with Crippen molar-refractivity contribution in [2.45, 2.75) is 148 Å². The molecule has 4 nitrogen and oxygen atoms in total. The van der Waals surface area contributed by atoms with E-state index >= 15 is 0 Å². The van der Waals surface area contributed by atoms with Crippen molar-refractivity contribution in [2.24, 2.45) is 0 Å². The Morgan fingerprint density at radius 1 is 0.625 bits per heavy atom. The van der Waals surface area contributed by atoms with Gasteiger partial charge >= 0.3 is 0 Å². The van der Waals surface area contributed by atoms with E-state index in [1.165, 1.54) is 70.6 Å². The Morgan fingerprint density at radius 3 is 1.31 bits per heavy atom. The molecule has 0 spiro atoms. The Kier molecular flexibility index (Phi) is 28.7. The Balaban J connectivity index is 0. The van der Waals surface area contributed by atoms with Gasteiger partial charge in [0, 0.05) is 0 Å². The standard InChI is InChI=1S/C24H49FO3S.C2H7N/c1-3-5-7-9-10-11-12-13-14-15-16-17-19-21-23-28-29(26,27)24(25)22-20-18-8-6-4-2;1-3-2/h24H,3-23H2,1-2H3;3H,1-2H3. The topological polar surface area (TPSA) is 55.4 Å². The fourth-order valence-corrected chi connectivity index (χ4v) is 4.55. The number of hydrogen-bond acceptors (Lipinski definition) is 4. The molecule has 0 rings (SSSR count). The number of rotatable bonds is 23. The first-order valence-corrected chi connectivity index (χ1v) is 15.0. The molecule has 1 unspecified atom stereocenters. The lowest BCUT2D eigenvalue weighted by atomic mass is 10.0. The molecule has 0 aliphatic rings. The van der Waals surface area contributed by atoms with Crippen LogP contribution in [0.2, 0.25) is 0 Å². The van der Waals surface area contributed by atoms with E-state index in [1.807, 2.05) is 14.1 Å². The highest BCUT2D eigenvalue weighted by Gasteiger charge is 2.25. The summed E-state index contributed by atoms with van der Waals surface area (Å²) in [6.45, 7) is 4.50. The van der Waals surface area contributed by atoms with Crippen molar-refractivity contribution in [3.63, 3.8) is 0 Å². The molecule has 0 saturated carbocycles. The number of halogens is 1. The molecule has 0 amide bonds. The average Bonchev–Trinajstić information content (AvgIpc) is 2.76. The summed E-state index contributed by atoms with van der Waals surface area (Å²) in [4.78, 5) is 0. The number of alkyl halides is 1. The van der Waals surface area contributed by atoms with Crippen LogP contribution >= 0.6 is 0 Å². The molecule has 6 heteroatoms. The largest absolute Gasteiger partial charge is 0.323 e. The van der Waals surface area contributed by atoms with Gasteiger partial charge in [0.1, 0.15) is 0 Å². The monoisotopic (exact) mass is 481 g/mol. The zero-order valence-corrected chi connectivity index (χ0v) is 22.8. The van der Waals surface area contributed by atoms with Crippen LogP contribution in [0.5, 0.6) is 0 Å². The third kappa shape index (κ3) is 26.1. The molecule has 1 atom stereocenters. The second kappa shape index (κ2) is 27.0. The van der Waals surface area contributed by atoms with Crippen LogP contribution in [0.4, 0.5) is 4.39 Å². The first-order valence-electron chi connectivity index (χ1n) is 13.6. The number of unbranched alkanes of at least 4 members (excludes halogenated alkanes) is 17. The van der Waals surface area contributed by atoms with Gasteiger partial charge in [0.05, 0.1) is 6.61 Å².